The number of hydrogen-bond donors (Lipinski definition) is 9. The van der Waals surface area contributed by atoms with Crippen molar-refractivity contribution in [2.75, 3.05) is 13.2 Å². The van der Waals surface area contributed by atoms with Crippen molar-refractivity contribution in [3.8, 4) is 0 Å². The van der Waals surface area contributed by atoms with E-state index in [1.807, 2.05) is 13.8 Å². The van der Waals surface area contributed by atoms with Gasteiger partial charge in [-0.05, 0) is 12.8 Å². The standard InChI is InChI=1S/C25H49O19P3.H3N/c1-3-5-7-9-11-13-18(26)39-15-17(41-19(27)14-12-10-8-6-4-2)16-40-47(37,38)44-25-21(29)23(42-45(31,32)33)20(28)24(22(25)30)43-46(34,35)36;/h17,20-25,28-30H,3-16H2,1-2H3,(H,37,38)(H2,31,32,33)(H2,34,35,36);1H3. The third kappa shape index (κ3) is 19.5. The molecule has 286 valence electrons. The normalized spacial score (nSPS) is 25.0. The summed E-state index contributed by atoms with van der Waals surface area (Å²) in [7, 11) is -16.5. The third-order valence-electron chi connectivity index (χ3n) is 6.91. The van der Waals surface area contributed by atoms with Gasteiger partial charge >= 0.3 is 35.4 Å². The van der Waals surface area contributed by atoms with Crippen LogP contribution in [0.5, 0.6) is 0 Å². The first-order valence-electron chi connectivity index (χ1n) is 15.3. The van der Waals surface area contributed by atoms with Crippen molar-refractivity contribution in [3.63, 3.8) is 0 Å². The fraction of sp³-hybridized carbons (Fsp3) is 0.920. The summed E-state index contributed by atoms with van der Waals surface area (Å²) in [6, 6.07) is 0. The number of phosphoric ester groups is 3. The first-order chi connectivity index (χ1) is 21.8. The minimum atomic E-state index is -5.53. The highest BCUT2D eigenvalue weighted by Gasteiger charge is 2.56. The molecule has 0 saturated heterocycles. The topological polar surface area (TPSA) is 338 Å². The summed E-state index contributed by atoms with van der Waals surface area (Å²) < 4.78 is 64.2. The van der Waals surface area contributed by atoms with E-state index in [-0.39, 0.29) is 19.0 Å². The molecule has 0 heterocycles. The van der Waals surface area contributed by atoms with Crippen LogP contribution in [0.25, 0.3) is 0 Å². The first-order valence-corrected chi connectivity index (χ1v) is 19.9. The van der Waals surface area contributed by atoms with Gasteiger partial charge in [0.15, 0.2) is 6.10 Å². The maximum Gasteiger partial charge on any atom is 0.472 e. The fourth-order valence-corrected chi connectivity index (χ4v) is 6.69. The molecule has 48 heavy (non-hydrogen) atoms. The van der Waals surface area contributed by atoms with E-state index in [1.165, 1.54) is 0 Å². The van der Waals surface area contributed by atoms with Gasteiger partial charge in [0.25, 0.3) is 0 Å². The van der Waals surface area contributed by atoms with Gasteiger partial charge in [-0.1, -0.05) is 65.2 Å². The molecule has 0 spiro atoms. The zero-order valence-corrected chi connectivity index (χ0v) is 29.7. The van der Waals surface area contributed by atoms with E-state index in [9.17, 15) is 43.5 Å². The quantitative estimate of drug-likeness (QED) is 0.0385. The summed E-state index contributed by atoms with van der Waals surface area (Å²) in [5.41, 5.74) is 0. The lowest BCUT2D eigenvalue weighted by molar-refractivity contribution is -0.213. The molecule has 6 atom stereocenters. The number of carbonyl (C=O) groups excluding carboxylic acids is 2. The van der Waals surface area contributed by atoms with E-state index >= 15 is 0 Å². The lowest BCUT2D eigenvalue weighted by Crippen LogP contribution is -2.65. The van der Waals surface area contributed by atoms with E-state index in [0.717, 1.165) is 51.4 Å². The minimum Gasteiger partial charge on any atom is -0.462 e. The molecule has 1 rings (SSSR count). The molecule has 1 aliphatic carbocycles. The molecule has 6 unspecified atom stereocenters. The van der Waals surface area contributed by atoms with Gasteiger partial charge in [-0.2, -0.15) is 0 Å². The van der Waals surface area contributed by atoms with Crippen LogP contribution in [0.4, 0.5) is 0 Å². The van der Waals surface area contributed by atoms with Crippen LogP contribution in [0.1, 0.15) is 90.9 Å². The lowest BCUT2D eigenvalue weighted by atomic mass is 9.85. The van der Waals surface area contributed by atoms with E-state index in [2.05, 4.69) is 9.05 Å². The molecule has 1 fully saturated rings. The zero-order valence-electron chi connectivity index (χ0n) is 27.1. The van der Waals surface area contributed by atoms with Crippen molar-refractivity contribution < 1.29 is 90.6 Å². The van der Waals surface area contributed by atoms with Gasteiger partial charge in [0.05, 0.1) is 6.61 Å². The molecular weight excluding hydrogens is 711 g/mol. The van der Waals surface area contributed by atoms with E-state index in [1.54, 1.807) is 0 Å². The van der Waals surface area contributed by atoms with Crippen molar-refractivity contribution in [2.24, 2.45) is 0 Å². The molecule has 1 aliphatic rings. The Morgan fingerprint density at radius 1 is 0.604 bits per heavy atom. The predicted molar refractivity (Wildman–Crippen MR) is 165 cm³/mol. The van der Waals surface area contributed by atoms with Crippen molar-refractivity contribution in [1.29, 1.82) is 0 Å². The minimum absolute atomic E-state index is 0. The van der Waals surface area contributed by atoms with Crippen LogP contribution >= 0.6 is 23.5 Å². The van der Waals surface area contributed by atoms with E-state index < -0.39 is 91.3 Å². The largest absolute Gasteiger partial charge is 0.472 e. The first kappa shape index (κ1) is 47.1. The highest BCUT2D eigenvalue weighted by Crippen LogP contribution is 2.51. The number of aliphatic hydroxyl groups excluding tert-OH is 3. The van der Waals surface area contributed by atoms with Crippen LogP contribution in [-0.2, 0) is 50.9 Å². The summed E-state index contributed by atoms with van der Waals surface area (Å²) in [4.78, 5) is 71.6. The fourth-order valence-electron chi connectivity index (χ4n) is 4.58. The average Bonchev–Trinajstić information content (AvgIpc) is 2.96. The second-order valence-corrected chi connectivity index (χ2v) is 14.8. The maximum absolute atomic E-state index is 12.9. The maximum atomic E-state index is 12.9. The number of ether oxygens (including phenoxy) is 2. The molecular formula is C25H52NO19P3. The lowest BCUT2D eigenvalue weighted by Gasteiger charge is -2.44. The van der Waals surface area contributed by atoms with E-state index in [0.29, 0.717) is 12.8 Å². The Morgan fingerprint density at radius 2 is 1.00 bits per heavy atom. The highest BCUT2D eigenvalue weighted by atomic mass is 31.2. The number of unbranched alkanes of at least 4 members (excludes halogenated alkanes) is 8. The SMILES string of the molecule is CCCCCCCC(=O)OCC(COP(=O)(O)OC1C(O)C(OP(=O)(O)O)C(O)C(OP(=O)(O)O)C1O)OC(=O)CCCCCCC.N. The van der Waals surface area contributed by atoms with Gasteiger partial charge in [-0.25, -0.2) is 13.7 Å². The summed E-state index contributed by atoms with van der Waals surface area (Å²) in [5, 5.41) is 31.4. The second-order valence-electron chi connectivity index (χ2n) is 11.1. The highest BCUT2D eigenvalue weighted by molar-refractivity contribution is 7.47. The monoisotopic (exact) mass is 763 g/mol. The molecule has 0 aliphatic heterocycles. The van der Waals surface area contributed by atoms with Crippen molar-refractivity contribution in [3.05, 3.63) is 0 Å². The molecule has 0 aromatic carbocycles. The Bertz CT molecular complexity index is 1050. The molecule has 1 saturated carbocycles. The summed E-state index contributed by atoms with van der Waals surface area (Å²) in [6.07, 6.45) is -7.85. The number of hydrogen-bond acceptors (Lipinski definition) is 15. The Kier molecular flexibility index (Phi) is 22.4. The molecule has 0 aromatic rings. The Balaban J connectivity index is 0.0000221. The Hall–Kier alpha value is -0.890. The summed E-state index contributed by atoms with van der Waals surface area (Å²) in [5.74, 6) is -1.34. The molecule has 20 nitrogen and oxygen atoms in total. The average molecular weight is 764 g/mol. The van der Waals surface area contributed by atoms with Gasteiger partial charge in [0, 0.05) is 12.8 Å². The van der Waals surface area contributed by atoms with Crippen LogP contribution in [0.3, 0.4) is 0 Å². The van der Waals surface area contributed by atoms with Gasteiger partial charge in [0.1, 0.15) is 43.2 Å². The van der Waals surface area contributed by atoms with Crippen LogP contribution in [0.15, 0.2) is 0 Å². The number of phosphoric acid groups is 3. The van der Waals surface area contributed by atoms with Crippen LogP contribution in [0.2, 0.25) is 0 Å². The van der Waals surface area contributed by atoms with Crippen molar-refractivity contribution >= 4 is 35.4 Å². The van der Waals surface area contributed by atoms with Gasteiger partial charge < -0.3 is 55.4 Å². The van der Waals surface area contributed by atoms with Gasteiger partial charge in [0.2, 0.25) is 0 Å². The summed E-state index contributed by atoms with van der Waals surface area (Å²) >= 11 is 0. The predicted octanol–water partition coefficient (Wildman–Crippen LogP) is 1.88. The smallest absolute Gasteiger partial charge is 0.462 e. The third-order valence-corrected chi connectivity index (χ3v) is 8.93. The summed E-state index contributed by atoms with van der Waals surface area (Å²) in [6.45, 7) is 2.56. The van der Waals surface area contributed by atoms with Gasteiger partial charge in [-0.3, -0.25) is 27.7 Å². The van der Waals surface area contributed by atoms with Gasteiger partial charge in [-0.15, -0.1) is 0 Å². The Labute approximate surface area is 279 Å². The molecule has 11 N–H and O–H groups in total. The second kappa shape index (κ2) is 22.8. The van der Waals surface area contributed by atoms with E-state index in [4.69, 9.17) is 38.1 Å². The molecule has 0 bridgehead atoms. The molecule has 0 aromatic heterocycles. The van der Waals surface area contributed by atoms with Crippen molar-refractivity contribution in [2.45, 2.75) is 134 Å². The molecule has 0 radical (unpaired) electrons. The van der Waals surface area contributed by atoms with Crippen LogP contribution < -0.4 is 6.15 Å². The number of esters is 2. The Morgan fingerprint density at radius 3 is 1.42 bits per heavy atom. The number of aliphatic hydroxyl groups is 3. The number of rotatable bonds is 24. The van der Waals surface area contributed by atoms with Crippen molar-refractivity contribution in [1.82, 2.24) is 6.15 Å². The molecule has 23 heteroatoms. The number of carbonyl (C=O) groups is 2. The molecule has 0 amide bonds. The van der Waals surface area contributed by atoms with Crippen LogP contribution in [0, 0.1) is 0 Å². The van der Waals surface area contributed by atoms with Crippen LogP contribution in [-0.4, -0.2) is 108 Å². The zero-order chi connectivity index (χ0) is 35.8.